The van der Waals surface area contributed by atoms with Crippen LogP contribution in [0.3, 0.4) is 0 Å². The molecule has 0 fully saturated rings. The summed E-state index contributed by atoms with van der Waals surface area (Å²) in [6.45, 7) is 2.76. The number of nitrogens with zero attached hydrogens (tertiary/aromatic N) is 2. The molecule has 1 atom stereocenters. The van der Waals surface area contributed by atoms with Crippen molar-refractivity contribution < 1.29 is 29.3 Å². The van der Waals surface area contributed by atoms with Crippen molar-refractivity contribution in [2.24, 2.45) is 5.10 Å². The van der Waals surface area contributed by atoms with Crippen molar-refractivity contribution in [3.05, 3.63) is 53.6 Å². The van der Waals surface area contributed by atoms with Gasteiger partial charge in [0, 0.05) is 18.5 Å². The van der Waals surface area contributed by atoms with Crippen molar-refractivity contribution in [2.75, 3.05) is 20.3 Å². The van der Waals surface area contributed by atoms with E-state index in [0.29, 0.717) is 48.8 Å². The van der Waals surface area contributed by atoms with Gasteiger partial charge in [0.2, 0.25) is 0 Å². The molecule has 3 rings (SSSR count). The maximum absolute atomic E-state index is 13.2. The smallest absolute Gasteiger partial charge is 0.405 e. The summed E-state index contributed by atoms with van der Waals surface area (Å²) in [4.78, 5) is 24.5. The van der Waals surface area contributed by atoms with E-state index >= 15 is 0 Å². The van der Waals surface area contributed by atoms with Crippen LogP contribution in [0.2, 0.25) is 0 Å². The van der Waals surface area contributed by atoms with E-state index in [-0.39, 0.29) is 12.2 Å². The van der Waals surface area contributed by atoms with Gasteiger partial charge >= 0.3 is 6.09 Å². The maximum Gasteiger partial charge on any atom is 0.405 e. The average Bonchev–Trinajstić information content (AvgIpc) is 2.79. The van der Waals surface area contributed by atoms with Gasteiger partial charge in [-0.1, -0.05) is 12.1 Å². The number of ether oxygens (including phenoxy) is 2. The number of aromatic hydroxyl groups is 1. The first kappa shape index (κ1) is 22.9. The third-order valence-electron chi connectivity index (χ3n) is 5.05. The van der Waals surface area contributed by atoms with Crippen LogP contribution in [0.1, 0.15) is 30.9 Å². The third-order valence-corrected chi connectivity index (χ3v) is 5.05. The standard InChI is InChI=1S/C23H27N3O6/c1-3-32-21-14-16(8-11-20(21)31-2)18-5-4-12-26(25-18)22(28)19(24-23(29)30)13-15-6-9-17(27)10-7-15/h6-11,14,19,24,27H,3-5,12-13H2,1-2H3,(H,29,30)/t19-/m0/s1. The molecule has 0 aliphatic carbocycles. The van der Waals surface area contributed by atoms with E-state index in [1.54, 1.807) is 25.3 Å². The zero-order chi connectivity index (χ0) is 23.1. The molecule has 170 valence electrons. The number of carboxylic acid groups (broad SMARTS) is 1. The summed E-state index contributed by atoms with van der Waals surface area (Å²) >= 11 is 0. The number of carbonyl (C=O) groups excluding carboxylic acids is 1. The minimum absolute atomic E-state index is 0.0963. The van der Waals surface area contributed by atoms with Crippen LogP contribution in [0.25, 0.3) is 0 Å². The summed E-state index contributed by atoms with van der Waals surface area (Å²) in [6, 6.07) is 10.8. The van der Waals surface area contributed by atoms with E-state index in [0.717, 1.165) is 5.56 Å². The molecule has 0 aromatic heterocycles. The zero-order valence-corrected chi connectivity index (χ0v) is 18.1. The van der Waals surface area contributed by atoms with Crippen molar-refractivity contribution >= 4 is 17.7 Å². The Kier molecular flexibility index (Phi) is 7.54. The van der Waals surface area contributed by atoms with E-state index in [4.69, 9.17) is 9.47 Å². The Morgan fingerprint density at radius 1 is 1.19 bits per heavy atom. The molecule has 0 saturated heterocycles. The number of phenolic OH excluding ortho intramolecular Hbond substituents is 1. The van der Waals surface area contributed by atoms with Gasteiger partial charge in [0.25, 0.3) is 5.91 Å². The number of nitrogens with one attached hydrogen (secondary N) is 1. The van der Waals surface area contributed by atoms with Crippen LogP contribution in [-0.4, -0.2) is 59.2 Å². The fourth-order valence-electron chi connectivity index (χ4n) is 3.52. The number of phenols is 1. The van der Waals surface area contributed by atoms with Crippen LogP contribution in [0.15, 0.2) is 47.6 Å². The molecule has 0 spiro atoms. The quantitative estimate of drug-likeness (QED) is 0.579. The number of amides is 2. The second kappa shape index (κ2) is 10.5. The van der Waals surface area contributed by atoms with Crippen LogP contribution in [0.4, 0.5) is 4.79 Å². The molecule has 0 bridgehead atoms. The number of benzene rings is 2. The van der Waals surface area contributed by atoms with Crippen LogP contribution in [0.5, 0.6) is 17.2 Å². The van der Waals surface area contributed by atoms with E-state index in [9.17, 15) is 19.8 Å². The Morgan fingerprint density at radius 2 is 1.94 bits per heavy atom. The first-order chi connectivity index (χ1) is 15.4. The highest BCUT2D eigenvalue weighted by Crippen LogP contribution is 2.29. The Hall–Kier alpha value is -3.75. The monoisotopic (exact) mass is 441 g/mol. The third kappa shape index (κ3) is 5.69. The lowest BCUT2D eigenvalue weighted by atomic mass is 10.0. The van der Waals surface area contributed by atoms with Crippen molar-refractivity contribution in [2.45, 2.75) is 32.2 Å². The van der Waals surface area contributed by atoms with Crippen LogP contribution in [-0.2, 0) is 11.2 Å². The van der Waals surface area contributed by atoms with Gasteiger partial charge < -0.3 is 25.0 Å². The normalized spacial score (nSPS) is 14.3. The fraction of sp³-hybridized carbons (Fsp3) is 0.348. The molecular formula is C23H27N3O6. The molecule has 2 aromatic rings. The molecule has 32 heavy (non-hydrogen) atoms. The van der Waals surface area contributed by atoms with Gasteiger partial charge in [-0.25, -0.2) is 9.80 Å². The molecule has 1 aliphatic rings. The van der Waals surface area contributed by atoms with E-state index in [2.05, 4.69) is 10.4 Å². The molecular weight excluding hydrogens is 414 g/mol. The predicted octanol–water partition coefficient (Wildman–Crippen LogP) is 3.00. The number of rotatable bonds is 8. The molecule has 9 heteroatoms. The van der Waals surface area contributed by atoms with Gasteiger partial charge in [-0.3, -0.25) is 4.79 Å². The number of hydrogen-bond acceptors (Lipinski definition) is 6. The predicted molar refractivity (Wildman–Crippen MR) is 118 cm³/mol. The van der Waals surface area contributed by atoms with Crippen molar-refractivity contribution in [3.8, 4) is 17.2 Å². The Bertz CT molecular complexity index is 990. The first-order valence-corrected chi connectivity index (χ1v) is 10.4. The highest BCUT2D eigenvalue weighted by atomic mass is 16.5. The summed E-state index contributed by atoms with van der Waals surface area (Å²) < 4.78 is 11.0. The first-order valence-electron chi connectivity index (χ1n) is 10.4. The Morgan fingerprint density at radius 3 is 2.59 bits per heavy atom. The van der Waals surface area contributed by atoms with E-state index in [1.165, 1.54) is 17.1 Å². The van der Waals surface area contributed by atoms with Crippen LogP contribution >= 0.6 is 0 Å². The van der Waals surface area contributed by atoms with E-state index in [1.807, 2.05) is 19.1 Å². The van der Waals surface area contributed by atoms with Gasteiger partial charge in [0.15, 0.2) is 11.5 Å². The number of hydrogen-bond donors (Lipinski definition) is 3. The topological polar surface area (TPSA) is 121 Å². The molecule has 2 amide bonds. The molecule has 9 nitrogen and oxygen atoms in total. The summed E-state index contributed by atoms with van der Waals surface area (Å²) in [5.41, 5.74) is 2.24. The molecule has 2 aromatic carbocycles. The number of hydrazone groups is 1. The summed E-state index contributed by atoms with van der Waals surface area (Å²) in [6.07, 6.45) is 0.222. The minimum atomic E-state index is -1.29. The SMILES string of the molecule is CCOc1cc(C2=NN(C(=O)[C@H](Cc3ccc(O)cc3)NC(=O)O)CCC2)ccc1OC. The van der Waals surface area contributed by atoms with Gasteiger partial charge in [-0.15, -0.1) is 0 Å². The van der Waals surface area contributed by atoms with Gasteiger partial charge in [-0.2, -0.15) is 5.10 Å². The molecule has 1 heterocycles. The minimum Gasteiger partial charge on any atom is -0.508 e. The lowest BCUT2D eigenvalue weighted by molar-refractivity contribution is -0.133. The highest BCUT2D eigenvalue weighted by molar-refractivity contribution is 6.02. The van der Waals surface area contributed by atoms with E-state index < -0.39 is 18.0 Å². The highest BCUT2D eigenvalue weighted by Gasteiger charge is 2.28. The van der Waals surface area contributed by atoms with Gasteiger partial charge in [0.05, 0.1) is 19.4 Å². The van der Waals surface area contributed by atoms with Crippen molar-refractivity contribution in [1.82, 2.24) is 10.3 Å². The molecule has 0 radical (unpaired) electrons. The second-order valence-electron chi connectivity index (χ2n) is 7.28. The summed E-state index contributed by atoms with van der Waals surface area (Å²) in [7, 11) is 1.57. The Labute approximate surface area is 186 Å². The van der Waals surface area contributed by atoms with Crippen LogP contribution < -0.4 is 14.8 Å². The fourth-order valence-corrected chi connectivity index (χ4v) is 3.52. The Balaban J connectivity index is 1.84. The molecule has 3 N–H and O–H groups in total. The molecule has 1 aliphatic heterocycles. The lowest BCUT2D eigenvalue weighted by Gasteiger charge is -2.27. The lowest BCUT2D eigenvalue weighted by Crippen LogP contribution is -2.49. The molecule has 0 unspecified atom stereocenters. The summed E-state index contributed by atoms with van der Waals surface area (Å²) in [5.74, 6) is 0.867. The summed E-state index contributed by atoms with van der Waals surface area (Å²) in [5, 5.41) is 26.8. The van der Waals surface area contributed by atoms with Crippen molar-refractivity contribution in [3.63, 3.8) is 0 Å². The van der Waals surface area contributed by atoms with Crippen molar-refractivity contribution in [1.29, 1.82) is 0 Å². The average molecular weight is 441 g/mol. The van der Waals surface area contributed by atoms with Crippen LogP contribution in [0, 0.1) is 0 Å². The maximum atomic E-state index is 13.2. The number of methoxy groups -OCH3 is 1. The largest absolute Gasteiger partial charge is 0.508 e. The second-order valence-corrected chi connectivity index (χ2v) is 7.28. The molecule has 0 saturated carbocycles. The number of carbonyl (C=O) groups is 2. The van der Waals surface area contributed by atoms with Gasteiger partial charge in [0.1, 0.15) is 11.8 Å². The zero-order valence-electron chi connectivity index (χ0n) is 18.1. The van der Waals surface area contributed by atoms with Gasteiger partial charge in [-0.05, 0) is 55.7 Å².